The third kappa shape index (κ3) is 7.66. The lowest BCUT2D eigenvalue weighted by molar-refractivity contribution is -0.170. The number of carbonyl (C=O) groups excluding carboxylic acids is 2. The zero-order valence-electron chi connectivity index (χ0n) is 23.5. The van der Waals surface area contributed by atoms with Crippen LogP contribution in [0.25, 0.3) is 5.65 Å². The minimum absolute atomic E-state index is 0.205. The number of ether oxygens (including phenoxy) is 2. The number of carbonyl (C=O) groups is 2. The van der Waals surface area contributed by atoms with E-state index in [2.05, 4.69) is 15.7 Å². The van der Waals surface area contributed by atoms with E-state index in [0.29, 0.717) is 11.3 Å². The summed E-state index contributed by atoms with van der Waals surface area (Å²) >= 11 is 0. The van der Waals surface area contributed by atoms with Gasteiger partial charge >= 0.3 is 6.09 Å². The molecule has 3 fully saturated rings. The van der Waals surface area contributed by atoms with E-state index in [0.717, 1.165) is 18.4 Å². The Hall–Kier alpha value is -2.96. The molecule has 2 N–H and O–H groups in total. The highest BCUT2D eigenvalue weighted by Gasteiger charge is 2.46. The van der Waals surface area contributed by atoms with Crippen LogP contribution in [0.1, 0.15) is 95.5 Å². The summed E-state index contributed by atoms with van der Waals surface area (Å²) in [6, 6.07) is 0.802. The van der Waals surface area contributed by atoms with Gasteiger partial charge in [-0.2, -0.15) is 5.10 Å². The van der Waals surface area contributed by atoms with Crippen molar-refractivity contribution in [1.29, 1.82) is 0 Å². The highest BCUT2D eigenvalue weighted by molar-refractivity contribution is 5.78. The molecule has 2 amide bonds. The van der Waals surface area contributed by atoms with Gasteiger partial charge < -0.3 is 20.1 Å². The molecular formula is C28H37F4N5O4. The topological polar surface area (TPSA) is 107 Å². The van der Waals surface area contributed by atoms with E-state index in [9.17, 15) is 27.2 Å². The molecule has 0 aliphatic heterocycles. The normalized spacial score (nSPS) is 22.5. The molecule has 2 heterocycles. The maximum Gasteiger partial charge on any atom is 0.408 e. The largest absolute Gasteiger partial charge is 0.444 e. The molecule has 0 aromatic carbocycles. The van der Waals surface area contributed by atoms with E-state index >= 15 is 0 Å². The van der Waals surface area contributed by atoms with Crippen LogP contribution in [0.3, 0.4) is 0 Å². The number of fused-ring (bicyclic) bond motifs is 1. The van der Waals surface area contributed by atoms with Crippen LogP contribution in [-0.4, -0.2) is 56.8 Å². The maximum atomic E-state index is 13.9. The Balaban J connectivity index is 1.31. The van der Waals surface area contributed by atoms with Crippen molar-refractivity contribution in [2.75, 3.05) is 6.61 Å². The van der Waals surface area contributed by atoms with Gasteiger partial charge in [0, 0.05) is 25.7 Å². The fraction of sp³-hybridized carbons (Fsp3) is 0.714. The van der Waals surface area contributed by atoms with Crippen LogP contribution in [0.2, 0.25) is 0 Å². The standard InChI is InChI=1S/C28H37F4N5O4/c1-26(2,3)41-25(39)36-24(17-6-8-27(29,30)9-7-17)20-14-37-21(34-20)10-18(13-33-37)23(16-4-5-16)35-22(38)15-40-19-11-28(31,32)12-19/h10,13-14,16-17,19,23-24H,4-9,11-12,15H2,1-3H3,(H,35,38)(H,36,39)/t23-,24+/m1/s1. The maximum absolute atomic E-state index is 13.9. The van der Waals surface area contributed by atoms with E-state index in [4.69, 9.17) is 14.5 Å². The molecule has 226 valence electrons. The molecular weight excluding hydrogens is 546 g/mol. The zero-order chi connectivity index (χ0) is 29.6. The molecule has 3 saturated carbocycles. The first-order valence-corrected chi connectivity index (χ1v) is 14.2. The molecule has 41 heavy (non-hydrogen) atoms. The summed E-state index contributed by atoms with van der Waals surface area (Å²) in [5, 5.41) is 10.3. The van der Waals surface area contributed by atoms with Gasteiger partial charge in [-0.25, -0.2) is 31.9 Å². The van der Waals surface area contributed by atoms with Gasteiger partial charge in [-0.3, -0.25) is 4.79 Å². The molecule has 0 spiro atoms. The van der Waals surface area contributed by atoms with Crippen LogP contribution < -0.4 is 10.6 Å². The number of amides is 2. The number of halogens is 4. The second-order valence-electron chi connectivity index (χ2n) is 12.7. The summed E-state index contributed by atoms with van der Waals surface area (Å²) in [5.74, 6) is -5.89. The van der Waals surface area contributed by atoms with Crippen molar-refractivity contribution in [2.24, 2.45) is 11.8 Å². The second-order valence-corrected chi connectivity index (χ2v) is 12.7. The molecule has 5 rings (SSSR count). The quantitative estimate of drug-likeness (QED) is 0.378. The SMILES string of the molecule is CC(C)(C)OC(=O)N[C@H](c1cn2ncc([C@H](NC(=O)COC3CC(F)(F)C3)C3CC3)cc2n1)C1CCC(F)(F)CC1. The first-order valence-electron chi connectivity index (χ1n) is 14.2. The van der Waals surface area contributed by atoms with Crippen LogP contribution in [0.15, 0.2) is 18.5 Å². The molecule has 0 saturated heterocycles. The van der Waals surface area contributed by atoms with Gasteiger partial charge in [-0.05, 0) is 69.9 Å². The fourth-order valence-electron chi connectivity index (χ4n) is 5.53. The van der Waals surface area contributed by atoms with Gasteiger partial charge in [0.05, 0.1) is 36.3 Å². The predicted octanol–water partition coefficient (Wildman–Crippen LogP) is 5.50. The average molecular weight is 584 g/mol. The molecule has 2 aromatic rings. The van der Waals surface area contributed by atoms with E-state index in [-0.39, 0.29) is 63.0 Å². The molecule has 13 heteroatoms. The van der Waals surface area contributed by atoms with Crippen molar-refractivity contribution in [3.05, 3.63) is 29.7 Å². The van der Waals surface area contributed by atoms with Gasteiger partial charge in [-0.1, -0.05) is 0 Å². The summed E-state index contributed by atoms with van der Waals surface area (Å²) in [5.41, 5.74) is 0.949. The van der Waals surface area contributed by atoms with Crippen LogP contribution in [0.4, 0.5) is 22.4 Å². The minimum atomic E-state index is -2.72. The van der Waals surface area contributed by atoms with Crippen molar-refractivity contribution in [1.82, 2.24) is 25.2 Å². The molecule has 2 aromatic heterocycles. The highest BCUT2D eigenvalue weighted by atomic mass is 19.3. The third-order valence-electron chi connectivity index (χ3n) is 7.86. The molecule has 9 nitrogen and oxygen atoms in total. The Kier molecular flexibility index (Phi) is 7.95. The van der Waals surface area contributed by atoms with E-state index in [1.807, 2.05) is 0 Å². The van der Waals surface area contributed by atoms with E-state index in [1.54, 1.807) is 43.7 Å². The number of nitrogens with one attached hydrogen (secondary N) is 2. The lowest BCUT2D eigenvalue weighted by Gasteiger charge is -2.34. The number of hydrogen-bond donors (Lipinski definition) is 2. The van der Waals surface area contributed by atoms with Gasteiger partial charge in [-0.15, -0.1) is 0 Å². The van der Waals surface area contributed by atoms with Crippen molar-refractivity contribution >= 4 is 17.6 Å². The second kappa shape index (κ2) is 11.0. The number of hydrogen-bond acceptors (Lipinski definition) is 6. The van der Waals surface area contributed by atoms with E-state index < -0.39 is 41.6 Å². The van der Waals surface area contributed by atoms with Gasteiger partial charge in [0.1, 0.15) is 12.2 Å². The summed E-state index contributed by atoms with van der Waals surface area (Å²) in [4.78, 5) is 30.0. The molecule has 2 atom stereocenters. The summed E-state index contributed by atoms with van der Waals surface area (Å²) in [6.45, 7) is 4.93. The number of rotatable bonds is 9. The number of alkyl carbamates (subject to hydrolysis) is 1. The van der Waals surface area contributed by atoms with Crippen LogP contribution in [0.5, 0.6) is 0 Å². The molecule has 3 aliphatic rings. The first-order chi connectivity index (χ1) is 19.2. The summed E-state index contributed by atoms with van der Waals surface area (Å²) in [7, 11) is 0. The average Bonchev–Trinajstić information content (AvgIpc) is 3.60. The number of imidazole rings is 1. The highest BCUT2D eigenvalue weighted by Crippen LogP contribution is 2.43. The van der Waals surface area contributed by atoms with Crippen molar-refractivity contribution < 1.29 is 36.6 Å². The Morgan fingerprint density at radius 2 is 1.68 bits per heavy atom. The van der Waals surface area contributed by atoms with E-state index in [1.165, 1.54) is 0 Å². The molecule has 0 bridgehead atoms. The zero-order valence-corrected chi connectivity index (χ0v) is 23.5. The Morgan fingerprint density at radius 3 is 2.29 bits per heavy atom. The van der Waals surface area contributed by atoms with Crippen LogP contribution in [-0.2, 0) is 14.3 Å². The Labute approximate surface area is 235 Å². The monoisotopic (exact) mass is 583 g/mol. The summed E-state index contributed by atoms with van der Waals surface area (Å²) < 4.78 is 66.2. The molecule has 3 aliphatic carbocycles. The van der Waals surface area contributed by atoms with Gasteiger partial charge in [0.25, 0.3) is 5.92 Å². The number of alkyl halides is 4. The Bertz CT molecular complexity index is 1260. The van der Waals surface area contributed by atoms with Crippen molar-refractivity contribution in [3.63, 3.8) is 0 Å². The van der Waals surface area contributed by atoms with Gasteiger partial charge in [0.2, 0.25) is 11.8 Å². The lowest BCUT2D eigenvalue weighted by Crippen LogP contribution is -2.43. The van der Waals surface area contributed by atoms with Crippen LogP contribution >= 0.6 is 0 Å². The predicted molar refractivity (Wildman–Crippen MR) is 140 cm³/mol. The third-order valence-corrected chi connectivity index (χ3v) is 7.86. The summed E-state index contributed by atoms with van der Waals surface area (Å²) in [6.07, 6.45) is 3.01. The van der Waals surface area contributed by atoms with Crippen molar-refractivity contribution in [3.8, 4) is 0 Å². The van der Waals surface area contributed by atoms with Crippen molar-refractivity contribution in [2.45, 2.75) is 108 Å². The smallest absolute Gasteiger partial charge is 0.408 e. The Morgan fingerprint density at radius 1 is 1.02 bits per heavy atom. The minimum Gasteiger partial charge on any atom is -0.444 e. The number of nitrogens with zero attached hydrogens (tertiary/aromatic N) is 3. The first kappa shape index (κ1) is 29.5. The number of aromatic nitrogens is 3. The molecule has 0 unspecified atom stereocenters. The lowest BCUT2D eigenvalue weighted by atomic mass is 9.81. The molecule has 0 radical (unpaired) electrons. The van der Waals surface area contributed by atoms with Crippen LogP contribution in [0, 0.1) is 11.8 Å². The van der Waals surface area contributed by atoms with Gasteiger partial charge in [0.15, 0.2) is 5.65 Å². The fourth-order valence-corrected chi connectivity index (χ4v) is 5.53.